The topological polar surface area (TPSA) is 533 Å². The Morgan fingerprint density at radius 1 is 0.338 bits per heavy atom. The van der Waals surface area contributed by atoms with E-state index < -0.39 is 167 Å². The van der Waals surface area contributed by atoms with Gasteiger partial charge in [-0.05, 0) is 107 Å². The zero-order chi connectivity index (χ0) is 108. The number of ether oxygens (including phenoxy) is 11. The molecule has 0 radical (unpaired) electrons. The van der Waals surface area contributed by atoms with E-state index in [1.165, 1.54) is 50.2 Å². The summed E-state index contributed by atoms with van der Waals surface area (Å²) in [4.78, 5) is 225. The number of nitrogens with one attached hydrogen (secondary N) is 5. The molecule has 0 aliphatic carbocycles. The van der Waals surface area contributed by atoms with Gasteiger partial charge in [0, 0.05) is 13.1 Å². The van der Waals surface area contributed by atoms with E-state index in [1.54, 1.807) is 107 Å². The normalized spacial score (nSPS) is 29.4. The summed E-state index contributed by atoms with van der Waals surface area (Å²) in [6, 6.07) is 28.1. The second-order valence-corrected chi connectivity index (χ2v) is 40.9. The lowest BCUT2D eigenvalue weighted by Gasteiger charge is -2.22. The third-order valence-electron chi connectivity index (χ3n) is 26.1. The summed E-state index contributed by atoms with van der Waals surface area (Å²) in [5.74, 6) is -12.1. The van der Waals surface area contributed by atoms with Crippen molar-refractivity contribution in [2.75, 3.05) is 45.9 Å². The monoisotopic (exact) mass is 2040 g/mol. The minimum Gasteiger partial charge on any atom is -0.502 e. The van der Waals surface area contributed by atoms with Crippen LogP contribution in [0.3, 0.4) is 0 Å². The highest BCUT2D eigenvalue weighted by molar-refractivity contribution is 6.11. The van der Waals surface area contributed by atoms with Gasteiger partial charge in [0.25, 0.3) is 0 Å². The Morgan fingerprint density at radius 2 is 0.561 bits per heavy atom. The molecule has 24 atom stereocenters. The zero-order valence-corrected chi connectivity index (χ0v) is 84.9. The molecule has 16 amide bonds. The molecule has 12 fully saturated rings. The number of carbonyl (C=O) groups is 16. The van der Waals surface area contributed by atoms with Crippen molar-refractivity contribution in [3.05, 3.63) is 220 Å². The average Bonchev–Trinajstić information content (AvgIpc) is 1.58. The molecule has 12 saturated heterocycles. The number of imide groups is 6. The minimum atomic E-state index is -0.909. The fourth-order valence-corrected chi connectivity index (χ4v) is 20.1. The highest BCUT2D eigenvalue weighted by Crippen LogP contribution is 2.50. The standard InChI is InChI=1S/C38H47N5O10.C28H31N5O6.C21H30N4O7.C15H13NO3.C4H8O/c1-9-22-26-28(31(45)42(30(26)44)19-18-39-34(40-35(48)52-37(3,4)5)41-36(49)53-38(6,7)8)24(50-22)16-17-25-29-27(23(10-2)51-25)32(46)43(33(29)47)20-21-14-12-11-13-15-21;1-3-16-20-22(25(35)32(24(20)34)13-12-31-28(29)30)18(38-16)10-11-19-23-21(17(4-2)39-19)26(36)33(27(23)37)14-15-8-6-5-7-9-15;1-20(2,3)31-18(28)23-17(24-19(29)32-21(4,5)6)22-9-10-25-15(26)13-11-7-8-12(30-11)14(13)16(25)27;17-14-12-10-6-7-11(19-10)13(12)15(18)16(14)8-9-4-2-1-3-5-9;1-3-5-4-2/h9-17,22-29H,1-2,18-20H2,3-8H3,(H2,39,40,41,48,49);3-11,16-23H,1-2,12-14H2,(H4,29,30,31);7-8,11-14H,9-10H2,1-6H3,(H2,22,23,24,28,29);1-7,10-13H,8H2;3H,1,4H2,2H3/p+1/b17-16-;11-10-;;;. The maximum atomic E-state index is 13.8. The van der Waals surface area contributed by atoms with E-state index in [2.05, 4.69) is 73.9 Å². The summed E-state index contributed by atoms with van der Waals surface area (Å²) < 4.78 is 60.9. The first-order valence-corrected chi connectivity index (χ1v) is 48.9. The van der Waals surface area contributed by atoms with Gasteiger partial charge in [-0.2, -0.15) is 0 Å². The molecule has 9 N–H and O–H groups in total. The van der Waals surface area contributed by atoms with Crippen LogP contribution in [0.15, 0.2) is 213 Å². The average molecular weight is 2050 g/mol. The molecule has 4 bridgehead atoms. The van der Waals surface area contributed by atoms with Crippen LogP contribution in [0.4, 0.5) is 19.2 Å². The molecule has 0 aromatic heterocycles. The van der Waals surface area contributed by atoms with Gasteiger partial charge in [-0.25, -0.2) is 19.2 Å². The predicted octanol–water partition coefficient (Wildman–Crippen LogP) is 5.08. The smallest absolute Gasteiger partial charge is 0.414 e. The molecule has 3 aromatic rings. The largest absolute Gasteiger partial charge is 0.502 e. The summed E-state index contributed by atoms with van der Waals surface area (Å²) >= 11 is 0. The molecule has 14 aliphatic heterocycles. The van der Waals surface area contributed by atoms with E-state index in [9.17, 15) is 76.7 Å². The van der Waals surface area contributed by atoms with Gasteiger partial charge >= 0.3 is 30.3 Å². The second kappa shape index (κ2) is 46.6. The van der Waals surface area contributed by atoms with Gasteiger partial charge in [0.1, 0.15) is 22.4 Å². The highest BCUT2D eigenvalue weighted by Gasteiger charge is 2.66. The van der Waals surface area contributed by atoms with E-state index in [0.29, 0.717) is 6.54 Å². The molecule has 0 spiro atoms. The molecular weight excluding hydrogens is 1920 g/mol. The van der Waals surface area contributed by atoms with Crippen LogP contribution < -0.4 is 37.7 Å². The second-order valence-electron chi connectivity index (χ2n) is 40.9. The zero-order valence-electron chi connectivity index (χ0n) is 84.9. The van der Waals surface area contributed by atoms with Gasteiger partial charge < -0.3 is 52.1 Å². The van der Waals surface area contributed by atoms with Crippen molar-refractivity contribution in [3.8, 4) is 0 Å². The maximum absolute atomic E-state index is 13.8. The first-order chi connectivity index (χ1) is 70.1. The van der Waals surface area contributed by atoms with Gasteiger partial charge in [0.2, 0.25) is 82.8 Å². The third-order valence-corrected chi connectivity index (χ3v) is 26.1. The molecule has 3 aromatic carbocycles. The molecule has 148 heavy (non-hydrogen) atoms. The van der Waals surface area contributed by atoms with Gasteiger partial charge in [-0.1, -0.05) is 170 Å². The first kappa shape index (κ1) is 111. The molecule has 17 rings (SSSR count). The maximum Gasteiger partial charge on any atom is 0.414 e. The number of rotatable bonds is 25. The van der Waals surface area contributed by atoms with E-state index in [4.69, 9.17) is 58.8 Å². The predicted molar refractivity (Wildman–Crippen MR) is 530 cm³/mol. The van der Waals surface area contributed by atoms with E-state index in [-0.39, 0.29) is 166 Å². The number of aliphatic imine (C=N–C) groups is 2. The Balaban J connectivity index is 0.000000170. The number of carbonyl (C=O) groups excluding carboxylic acids is 16. The van der Waals surface area contributed by atoms with Crippen LogP contribution >= 0.6 is 0 Å². The molecule has 14 aliphatic rings. The number of alkyl carbamates (subject to hydrolysis) is 4. The number of guanidine groups is 3. The summed E-state index contributed by atoms with van der Waals surface area (Å²) in [6.07, 6.45) is 10.9. The molecular formula is C106H130N15O27+. The summed E-state index contributed by atoms with van der Waals surface area (Å²) in [5.41, 5.74) is 10.3. The van der Waals surface area contributed by atoms with Crippen LogP contribution in [-0.2, 0) is 129 Å². The molecule has 42 nitrogen and oxygen atoms in total. The van der Waals surface area contributed by atoms with E-state index in [0.717, 1.165) is 33.1 Å². The summed E-state index contributed by atoms with van der Waals surface area (Å²) in [5, 5.41) is 9.46. The Kier molecular flexibility index (Phi) is 34.9. The van der Waals surface area contributed by atoms with Crippen molar-refractivity contribution in [1.82, 2.24) is 50.7 Å². The number of hydrogen-bond donors (Lipinski definition) is 7. The quantitative estimate of drug-likeness (QED) is 0.0145. The van der Waals surface area contributed by atoms with Gasteiger partial charge in [-0.3, -0.25) is 135 Å². The van der Waals surface area contributed by atoms with Crippen molar-refractivity contribution in [2.24, 2.45) is 92.5 Å². The number of nitrogens with two attached hydrogens (primary N) is 2. The number of nitrogens with zero attached hydrogens (tertiary/aromatic N) is 8. The van der Waals surface area contributed by atoms with Crippen LogP contribution in [0.25, 0.3) is 0 Å². The number of benzene rings is 3. The van der Waals surface area contributed by atoms with Crippen molar-refractivity contribution >= 4 is 113 Å². The number of amides is 16. The fourth-order valence-electron chi connectivity index (χ4n) is 20.1. The third kappa shape index (κ3) is 25.3. The van der Waals surface area contributed by atoms with Crippen LogP contribution in [0.5, 0.6) is 0 Å². The Hall–Kier alpha value is -14.6. The fraction of sp³-hybridized carbons (Fsp3) is 0.481. The number of fused-ring (bicyclic) bond motifs is 14. The van der Waals surface area contributed by atoms with Crippen molar-refractivity contribution in [2.45, 2.75) is 205 Å². The molecule has 42 heteroatoms. The van der Waals surface area contributed by atoms with Crippen LogP contribution in [0.1, 0.15) is 107 Å². The van der Waals surface area contributed by atoms with E-state index >= 15 is 0 Å². The molecule has 24 unspecified atom stereocenters. The highest BCUT2D eigenvalue weighted by atomic mass is 16.6. The molecule has 14 heterocycles. The molecule has 790 valence electrons. The van der Waals surface area contributed by atoms with Crippen LogP contribution in [0, 0.1) is 71.0 Å². The minimum absolute atomic E-state index is 0.000393. The number of hydrogen-bond acceptors (Lipinski definition) is 29. The van der Waals surface area contributed by atoms with Gasteiger partial charge in [-0.15, -0.1) is 26.3 Å². The van der Waals surface area contributed by atoms with Crippen molar-refractivity contribution < 1.29 is 134 Å². The first-order valence-electron chi connectivity index (χ1n) is 48.9. The Bertz CT molecular complexity index is 5730. The van der Waals surface area contributed by atoms with Crippen LogP contribution in [-0.4, -0.2) is 284 Å². The number of likely N-dealkylation sites (tertiary alicyclic amines) is 6. The van der Waals surface area contributed by atoms with Crippen molar-refractivity contribution in [1.29, 1.82) is 0 Å². The summed E-state index contributed by atoms with van der Waals surface area (Å²) in [6.45, 7) is 41.9. The summed E-state index contributed by atoms with van der Waals surface area (Å²) in [7, 11) is 0. The molecule has 0 saturated carbocycles. The van der Waals surface area contributed by atoms with E-state index in [1.807, 2.05) is 122 Å². The van der Waals surface area contributed by atoms with Gasteiger partial charge in [0.05, 0.1) is 203 Å². The lowest BCUT2D eigenvalue weighted by atomic mass is 9.85. The SMILES string of the molecule is C=CC1OC(/C=C\C2OC(C=C)C3C(=O)N(Cc4ccccc4)C(=O)C23)C2C(=O)N(CCN=C(NC(=O)OC(C)(C)C)NC(=O)OC(C)(C)C)C(=O)C12.C=CC1OC(/C=C\C2OC(C=C)C3C(=O)N(Cc4ccccc4)C(=O)C23)C2C(=O)N(CC[NH+]=C(N)N)C(=O)C12.C=COCC.CC(C)(C)OC(=O)NC(=NCCN1C(=O)C2C3C=CC(O3)C2C1=O)NC(=O)OC(C)(C)C.O=C1C2C3C=CC(O3)C2C(=O)N1Cc1ccccc1. The van der Waals surface area contributed by atoms with Gasteiger partial charge in [0.15, 0.2) is 0 Å². The van der Waals surface area contributed by atoms with Crippen LogP contribution in [0.2, 0.25) is 0 Å². The Morgan fingerprint density at radius 3 is 0.777 bits per heavy atom. The van der Waals surface area contributed by atoms with Crippen molar-refractivity contribution in [3.63, 3.8) is 0 Å². The lowest BCUT2D eigenvalue weighted by molar-refractivity contribution is -0.458. The Labute approximate surface area is 856 Å². The lowest BCUT2D eigenvalue weighted by Crippen LogP contribution is -2.79.